The van der Waals surface area contributed by atoms with E-state index in [0.717, 1.165) is 21.8 Å². The van der Waals surface area contributed by atoms with Gasteiger partial charge in [0.15, 0.2) is 0 Å². The first kappa shape index (κ1) is 27.6. The van der Waals surface area contributed by atoms with Gasteiger partial charge in [-0.1, -0.05) is 17.7 Å². The largest absolute Gasteiger partial charge is 0.379 e. The maximum atomic E-state index is 13.1. The Bertz CT molecular complexity index is 1340. The molecule has 13 heteroatoms. The third-order valence-electron chi connectivity index (χ3n) is 6.56. The molecule has 0 radical (unpaired) electrons. The molecule has 0 aliphatic carbocycles. The number of aryl methyl sites for hydroxylation is 1. The zero-order valence-electron chi connectivity index (χ0n) is 20.8. The van der Waals surface area contributed by atoms with Crippen LogP contribution in [0.2, 0.25) is 5.02 Å². The molecule has 0 atom stereocenters. The van der Waals surface area contributed by atoms with E-state index in [0.29, 0.717) is 44.4 Å². The topological polar surface area (TPSA) is 108 Å². The van der Waals surface area contributed by atoms with Crippen LogP contribution in [0, 0.1) is 6.92 Å². The van der Waals surface area contributed by atoms with Crippen LogP contribution in [0.15, 0.2) is 47.4 Å². The Morgan fingerprint density at radius 3 is 2.16 bits per heavy atom. The molecule has 202 valence electrons. The summed E-state index contributed by atoms with van der Waals surface area (Å²) in [5.41, 5.74) is 2.33. The summed E-state index contributed by atoms with van der Waals surface area (Å²) in [6, 6.07) is 11.3. The fourth-order valence-electron chi connectivity index (χ4n) is 4.46. The molecule has 2 heterocycles. The van der Waals surface area contributed by atoms with Crippen LogP contribution >= 0.6 is 11.6 Å². The molecule has 2 aromatic carbocycles. The van der Waals surface area contributed by atoms with Crippen molar-refractivity contribution in [3.8, 4) is 0 Å². The Labute approximate surface area is 223 Å². The molecule has 0 saturated carbocycles. The molecule has 2 aliphatic heterocycles. The normalized spacial score (nSPS) is 17.6. The van der Waals surface area contributed by atoms with Crippen molar-refractivity contribution >= 4 is 48.9 Å². The van der Waals surface area contributed by atoms with Crippen molar-refractivity contribution in [1.29, 1.82) is 0 Å². The van der Waals surface area contributed by atoms with Crippen LogP contribution in [0.5, 0.6) is 0 Å². The quantitative estimate of drug-likeness (QED) is 0.499. The van der Waals surface area contributed by atoms with Gasteiger partial charge >= 0.3 is 0 Å². The molecule has 2 aromatic rings. The number of halogens is 1. The van der Waals surface area contributed by atoms with Crippen molar-refractivity contribution in [3.63, 3.8) is 0 Å². The first-order valence-electron chi connectivity index (χ1n) is 11.9. The second kappa shape index (κ2) is 11.2. The molecule has 2 saturated heterocycles. The Balaban J connectivity index is 1.44. The lowest BCUT2D eigenvalue weighted by molar-refractivity contribution is -0.129. The number of piperazine rings is 1. The van der Waals surface area contributed by atoms with E-state index in [1.807, 2.05) is 25.1 Å². The highest BCUT2D eigenvalue weighted by Crippen LogP contribution is 2.26. The molecule has 0 aromatic heterocycles. The number of hydrogen-bond acceptors (Lipinski definition) is 7. The molecular weight excluding hydrogens is 540 g/mol. The van der Waals surface area contributed by atoms with E-state index in [2.05, 4.69) is 4.90 Å². The number of hydrogen-bond donors (Lipinski definition) is 0. The second-order valence-corrected chi connectivity index (χ2v) is 13.4. The van der Waals surface area contributed by atoms with Crippen LogP contribution in [0.1, 0.15) is 5.56 Å². The SMILES string of the molecule is Cc1ccc(Cl)cc1N1CCN(C(=O)CN(c2ccc(S(=O)(=O)N3CCOCC3)cc2)S(C)(=O)=O)CC1. The minimum absolute atomic E-state index is 0.0605. The van der Waals surface area contributed by atoms with E-state index < -0.39 is 20.0 Å². The monoisotopic (exact) mass is 570 g/mol. The number of nitrogens with zero attached hydrogens (tertiary/aromatic N) is 4. The standard InChI is InChI=1S/C24H31ClN4O6S2/c1-19-3-4-20(25)17-23(19)26-9-11-27(12-10-26)24(30)18-29(36(2,31)32)21-5-7-22(8-6-21)37(33,34)28-13-15-35-16-14-28/h3-8,17H,9-16,18H2,1-2H3. The van der Waals surface area contributed by atoms with Gasteiger partial charge in [0.05, 0.1) is 30.1 Å². The highest BCUT2D eigenvalue weighted by molar-refractivity contribution is 7.92. The van der Waals surface area contributed by atoms with Crippen LogP contribution in [-0.4, -0.2) is 97.2 Å². The van der Waals surface area contributed by atoms with Crippen molar-refractivity contribution in [2.45, 2.75) is 11.8 Å². The lowest BCUT2D eigenvalue weighted by atomic mass is 10.1. The summed E-state index contributed by atoms with van der Waals surface area (Å²) in [6.45, 7) is 4.89. The first-order valence-corrected chi connectivity index (χ1v) is 15.6. The highest BCUT2D eigenvalue weighted by Gasteiger charge is 2.29. The Morgan fingerprint density at radius 1 is 0.946 bits per heavy atom. The number of ether oxygens (including phenoxy) is 1. The van der Waals surface area contributed by atoms with Crippen LogP contribution in [0.25, 0.3) is 0 Å². The summed E-state index contributed by atoms with van der Waals surface area (Å²) in [5.74, 6) is -0.321. The van der Waals surface area contributed by atoms with Gasteiger partial charge in [-0.15, -0.1) is 0 Å². The number of anilines is 2. The van der Waals surface area contributed by atoms with Crippen LogP contribution in [0.3, 0.4) is 0 Å². The van der Waals surface area contributed by atoms with Gasteiger partial charge in [-0.2, -0.15) is 4.31 Å². The van der Waals surface area contributed by atoms with E-state index in [1.165, 1.54) is 28.6 Å². The molecule has 0 unspecified atom stereocenters. The van der Waals surface area contributed by atoms with Crippen molar-refractivity contribution in [2.75, 3.05) is 74.5 Å². The number of morpholine rings is 1. The number of rotatable bonds is 7. The van der Waals surface area contributed by atoms with Gasteiger partial charge in [0, 0.05) is 50.0 Å². The minimum Gasteiger partial charge on any atom is -0.379 e. The molecule has 1 amide bonds. The summed E-state index contributed by atoms with van der Waals surface area (Å²) in [5, 5.41) is 0.645. The molecule has 37 heavy (non-hydrogen) atoms. The van der Waals surface area contributed by atoms with E-state index >= 15 is 0 Å². The molecule has 2 aliphatic rings. The second-order valence-electron chi connectivity index (χ2n) is 9.08. The zero-order chi connectivity index (χ0) is 26.8. The summed E-state index contributed by atoms with van der Waals surface area (Å²) in [7, 11) is -7.52. The average Bonchev–Trinajstić information content (AvgIpc) is 2.88. The predicted molar refractivity (Wildman–Crippen MR) is 143 cm³/mol. The van der Waals surface area contributed by atoms with Gasteiger partial charge in [-0.25, -0.2) is 16.8 Å². The van der Waals surface area contributed by atoms with E-state index in [-0.39, 0.29) is 36.1 Å². The molecule has 0 spiro atoms. The minimum atomic E-state index is -3.80. The molecule has 10 nitrogen and oxygen atoms in total. The number of benzene rings is 2. The van der Waals surface area contributed by atoms with Crippen molar-refractivity contribution < 1.29 is 26.4 Å². The van der Waals surface area contributed by atoms with Gasteiger partial charge in [-0.05, 0) is 48.9 Å². The highest BCUT2D eigenvalue weighted by atomic mass is 35.5. The van der Waals surface area contributed by atoms with E-state index in [1.54, 1.807) is 4.90 Å². The number of carbonyl (C=O) groups is 1. The first-order chi connectivity index (χ1) is 17.5. The van der Waals surface area contributed by atoms with Crippen molar-refractivity contribution in [1.82, 2.24) is 9.21 Å². The van der Waals surface area contributed by atoms with Gasteiger partial charge in [0.1, 0.15) is 6.54 Å². The lowest BCUT2D eigenvalue weighted by Crippen LogP contribution is -2.52. The summed E-state index contributed by atoms with van der Waals surface area (Å²) in [6.07, 6.45) is 1.03. The van der Waals surface area contributed by atoms with Gasteiger partial charge in [-0.3, -0.25) is 9.10 Å². The summed E-state index contributed by atoms with van der Waals surface area (Å²) in [4.78, 5) is 17.0. The third-order valence-corrected chi connectivity index (χ3v) is 9.84. The lowest BCUT2D eigenvalue weighted by Gasteiger charge is -2.37. The number of sulfonamides is 2. The fraction of sp³-hybridized carbons (Fsp3) is 0.458. The molecule has 2 fully saturated rings. The third kappa shape index (κ3) is 6.37. The Kier molecular flexibility index (Phi) is 8.34. The number of amides is 1. The molecular formula is C24H31ClN4O6S2. The summed E-state index contributed by atoms with van der Waals surface area (Å²) >= 11 is 6.15. The average molecular weight is 571 g/mol. The van der Waals surface area contributed by atoms with Crippen molar-refractivity contribution in [3.05, 3.63) is 53.1 Å². The smallest absolute Gasteiger partial charge is 0.243 e. The van der Waals surface area contributed by atoms with Crippen LogP contribution in [0.4, 0.5) is 11.4 Å². The molecule has 0 bridgehead atoms. The summed E-state index contributed by atoms with van der Waals surface area (Å²) < 4.78 is 58.5. The van der Waals surface area contributed by atoms with Crippen LogP contribution < -0.4 is 9.21 Å². The van der Waals surface area contributed by atoms with Gasteiger partial charge in [0.25, 0.3) is 0 Å². The predicted octanol–water partition coefficient (Wildman–Crippen LogP) is 1.78. The molecule has 4 rings (SSSR count). The zero-order valence-corrected chi connectivity index (χ0v) is 23.2. The van der Waals surface area contributed by atoms with Crippen LogP contribution in [-0.2, 0) is 29.6 Å². The number of carbonyl (C=O) groups excluding carboxylic acids is 1. The maximum absolute atomic E-state index is 13.1. The van der Waals surface area contributed by atoms with Gasteiger partial charge in [0.2, 0.25) is 26.0 Å². The van der Waals surface area contributed by atoms with E-state index in [4.69, 9.17) is 16.3 Å². The van der Waals surface area contributed by atoms with Gasteiger partial charge < -0.3 is 14.5 Å². The Hall–Kier alpha value is -2.38. The fourth-order valence-corrected chi connectivity index (χ4v) is 6.89. The molecule has 0 N–H and O–H groups in total. The van der Waals surface area contributed by atoms with Crippen molar-refractivity contribution in [2.24, 2.45) is 0 Å². The van der Waals surface area contributed by atoms with E-state index in [9.17, 15) is 21.6 Å². The Morgan fingerprint density at radius 2 is 1.57 bits per heavy atom. The maximum Gasteiger partial charge on any atom is 0.243 e.